The van der Waals surface area contributed by atoms with Crippen molar-refractivity contribution in [3.8, 4) is 11.1 Å². The summed E-state index contributed by atoms with van der Waals surface area (Å²) >= 11 is 0. The summed E-state index contributed by atoms with van der Waals surface area (Å²) in [4.78, 5) is 2.11. The van der Waals surface area contributed by atoms with Crippen molar-refractivity contribution >= 4 is 13.3 Å². The summed E-state index contributed by atoms with van der Waals surface area (Å²) in [5, 5.41) is 0. The maximum Gasteiger partial charge on any atom is 0.337 e. The molecule has 0 aliphatic heterocycles. The molecule has 3 heterocycles. The quantitative estimate of drug-likeness (QED) is 0.181. The Bertz CT molecular complexity index is 1350. The molecule has 7 nitrogen and oxygen atoms in total. The second kappa shape index (κ2) is 13.6. The minimum Gasteiger partial charge on any atom is -0.377 e. The van der Waals surface area contributed by atoms with E-state index >= 15 is 0 Å². The smallest absolute Gasteiger partial charge is 0.337 e. The molecule has 204 valence electrons. The van der Waals surface area contributed by atoms with E-state index in [1.165, 1.54) is 16.8 Å². The highest BCUT2D eigenvalue weighted by Crippen LogP contribution is 2.47. The minimum atomic E-state index is -3.04. The number of aryl methyl sites for hydroxylation is 1. The van der Waals surface area contributed by atoms with Crippen LogP contribution in [0, 0.1) is 0 Å². The highest BCUT2D eigenvalue weighted by Gasteiger charge is 2.25. The van der Waals surface area contributed by atoms with Crippen LogP contribution in [0.3, 0.4) is 0 Å². The Kier molecular flexibility index (Phi) is 9.99. The van der Waals surface area contributed by atoms with Crippen molar-refractivity contribution in [3.63, 3.8) is 0 Å². The molecule has 4 rings (SSSR count). The van der Waals surface area contributed by atoms with Crippen molar-refractivity contribution in [2.45, 2.75) is 33.5 Å². The molecule has 1 aromatic carbocycles. The standard InChI is InChI=1S/C31H40N4O3P/c1-5-37-39(36,38-6-2)24-23-33-17-11-29(12-18-33)30-13-19-34(20-14-30)25-27-7-9-28(10-8-27)26-35-21-15-31(16-22-35)32(3)4/h7-22H,5-6,23-26H2,1-4H3/q+3. The number of anilines is 1. The fraction of sp³-hybridized carbons (Fsp3) is 0.323. The van der Waals surface area contributed by atoms with Crippen molar-refractivity contribution in [1.82, 2.24) is 0 Å². The molecule has 0 spiro atoms. The number of nitrogens with zero attached hydrogens (tertiary/aromatic N) is 4. The first-order valence-electron chi connectivity index (χ1n) is 13.5. The first-order valence-corrected chi connectivity index (χ1v) is 15.2. The Morgan fingerprint density at radius 3 is 1.46 bits per heavy atom. The predicted octanol–water partition coefficient (Wildman–Crippen LogP) is 4.64. The molecule has 0 bridgehead atoms. The summed E-state index contributed by atoms with van der Waals surface area (Å²) < 4.78 is 29.9. The van der Waals surface area contributed by atoms with Gasteiger partial charge in [-0.15, -0.1) is 0 Å². The summed E-state index contributed by atoms with van der Waals surface area (Å²) in [6, 6.07) is 21.5. The van der Waals surface area contributed by atoms with Gasteiger partial charge in [0.2, 0.25) is 0 Å². The van der Waals surface area contributed by atoms with Crippen molar-refractivity contribution in [2.24, 2.45) is 0 Å². The Morgan fingerprint density at radius 2 is 1.05 bits per heavy atom. The molecule has 0 aliphatic carbocycles. The van der Waals surface area contributed by atoms with Gasteiger partial charge >= 0.3 is 7.60 Å². The van der Waals surface area contributed by atoms with Gasteiger partial charge in [0.25, 0.3) is 0 Å². The molecule has 39 heavy (non-hydrogen) atoms. The van der Waals surface area contributed by atoms with Gasteiger partial charge in [-0.1, -0.05) is 24.3 Å². The van der Waals surface area contributed by atoms with Crippen LogP contribution in [-0.2, 0) is 33.2 Å². The van der Waals surface area contributed by atoms with E-state index in [1.807, 2.05) is 30.8 Å². The van der Waals surface area contributed by atoms with Gasteiger partial charge in [-0.3, -0.25) is 4.57 Å². The first-order chi connectivity index (χ1) is 18.9. The van der Waals surface area contributed by atoms with E-state index in [0.717, 1.165) is 24.2 Å². The third kappa shape index (κ3) is 8.30. The van der Waals surface area contributed by atoms with Crippen LogP contribution >= 0.6 is 7.60 Å². The number of benzene rings is 1. The Balaban J connectivity index is 1.31. The van der Waals surface area contributed by atoms with E-state index in [2.05, 4.69) is 114 Å². The molecule has 0 saturated heterocycles. The van der Waals surface area contributed by atoms with Crippen molar-refractivity contribution in [3.05, 3.63) is 109 Å². The van der Waals surface area contributed by atoms with Crippen LogP contribution in [0.5, 0.6) is 0 Å². The average Bonchev–Trinajstić information content (AvgIpc) is 2.94. The summed E-state index contributed by atoms with van der Waals surface area (Å²) in [7, 11) is 1.07. The third-order valence-electron chi connectivity index (χ3n) is 6.54. The molecule has 0 radical (unpaired) electrons. The number of pyridine rings is 3. The molecule has 3 aromatic heterocycles. The SMILES string of the molecule is CCOP(=O)(CC[n+]1ccc(-c2cc[n+](Cc3ccc(C[n+]4ccc(N(C)C)cc4)cc3)cc2)cc1)OCC. The molecule has 8 heteroatoms. The molecule has 0 fully saturated rings. The Labute approximate surface area is 232 Å². The predicted molar refractivity (Wildman–Crippen MR) is 154 cm³/mol. The zero-order valence-corrected chi connectivity index (χ0v) is 24.3. The Morgan fingerprint density at radius 1 is 0.641 bits per heavy atom. The fourth-order valence-electron chi connectivity index (χ4n) is 4.38. The van der Waals surface area contributed by atoms with Crippen LogP contribution in [0.15, 0.2) is 97.8 Å². The first kappa shape index (κ1) is 28.6. The van der Waals surface area contributed by atoms with Crippen LogP contribution < -0.4 is 18.6 Å². The van der Waals surface area contributed by atoms with Gasteiger partial charge in [0.05, 0.1) is 13.2 Å². The number of rotatable bonds is 13. The summed E-state index contributed by atoms with van der Waals surface area (Å²) in [5.74, 6) is 0. The fourth-order valence-corrected chi connectivity index (χ4v) is 5.97. The second-order valence-corrected chi connectivity index (χ2v) is 11.9. The largest absolute Gasteiger partial charge is 0.377 e. The minimum absolute atomic E-state index is 0.355. The van der Waals surface area contributed by atoms with Crippen molar-refractivity contribution in [1.29, 1.82) is 0 Å². The number of hydrogen-bond donors (Lipinski definition) is 0. The average molecular weight is 548 g/mol. The van der Waals surface area contributed by atoms with E-state index in [4.69, 9.17) is 9.05 Å². The highest BCUT2D eigenvalue weighted by atomic mass is 31.2. The molecule has 0 amide bonds. The molecule has 0 N–H and O–H groups in total. The van der Waals surface area contributed by atoms with Crippen LogP contribution in [0.25, 0.3) is 11.1 Å². The maximum atomic E-state index is 12.7. The summed E-state index contributed by atoms with van der Waals surface area (Å²) in [5.41, 5.74) is 6.03. The van der Waals surface area contributed by atoms with Gasteiger partial charge in [0.1, 0.15) is 6.16 Å². The molecular weight excluding hydrogens is 507 g/mol. The van der Waals surface area contributed by atoms with Gasteiger partial charge in [-0.05, 0) is 25.0 Å². The monoisotopic (exact) mass is 547 g/mol. The molecule has 4 aromatic rings. The highest BCUT2D eigenvalue weighted by molar-refractivity contribution is 7.53. The third-order valence-corrected chi connectivity index (χ3v) is 8.59. The van der Waals surface area contributed by atoms with E-state index < -0.39 is 7.60 Å². The van der Waals surface area contributed by atoms with Crippen LogP contribution in [0.2, 0.25) is 0 Å². The Hall–Kier alpha value is -3.38. The van der Waals surface area contributed by atoms with Gasteiger partial charge in [0.15, 0.2) is 56.8 Å². The molecule has 0 unspecified atom stereocenters. The van der Waals surface area contributed by atoms with Gasteiger partial charge < -0.3 is 13.9 Å². The normalized spacial score (nSPS) is 11.5. The van der Waals surface area contributed by atoms with Crippen molar-refractivity contribution in [2.75, 3.05) is 38.4 Å². The van der Waals surface area contributed by atoms with Crippen LogP contribution in [0.4, 0.5) is 5.69 Å². The van der Waals surface area contributed by atoms with E-state index in [9.17, 15) is 4.57 Å². The zero-order chi connectivity index (χ0) is 27.7. The van der Waals surface area contributed by atoms with Gasteiger partial charge in [-0.2, -0.15) is 0 Å². The number of aromatic nitrogens is 3. The van der Waals surface area contributed by atoms with Crippen LogP contribution in [0.1, 0.15) is 25.0 Å². The van der Waals surface area contributed by atoms with E-state index in [-0.39, 0.29) is 0 Å². The maximum absolute atomic E-state index is 12.7. The lowest BCUT2D eigenvalue weighted by atomic mass is 10.1. The van der Waals surface area contributed by atoms with Crippen LogP contribution in [-0.4, -0.2) is 33.5 Å². The van der Waals surface area contributed by atoms with Gasteiger partial charge in [0, 0.05) is 67.3 Å². The van der Waals surface area contributed by atoms with Crippen molar-refractivity contribution < 1.29 is 27.3 Å². The molecule has 0 aliphatic rings. The lowest BCUT2D eigenvalue weighted by Gasteiger charge is -2.15. The summed E-state index contributed by atoms with van der Waals surface area (Å²) in [6.07, 6.45) is 12.9. The number of hydrogen-bond acceptors (Lipinski definition) is 4. The zero-order valence-electron chi connectivity index (χ0n) is 23.4. The molecule has 0 atom stereocenters. The summed E-state index contributed by atoms with van der Waals surface area (Å²) in [6.45, 7) is 6.68. The van der Waals surface area contributed by atoms with E-state index in [1.54, 1.807) is 0 Å². The molecule has 0 saturated carbocycles. The lowest BCUT2D eigenvalue weighted by molar-refractivity contribution is -0.692. The topological polar surface area (TPSA) is 50.4 Å². The lowest BCUT2D eigenvalue weighted by Crippen LogP contribution is -2.34. The second-order valence-electron chi connectivity index (χ2n) is 9.69. The van der Waals surface area contributed by atoms with E-state index in [0.29, 0.717) is 25.9 Å². The van der Waals surface area contributed by atoms with Gasteiger partial charge in [-0.25, -0.2) is 13.7 Å². The molecular formula is C31H40N4O3P+3.